The summed E-state index contributed by atoms with van der Waals surface area (Å²) in [6.07, 6.45) is 0.923. The summed E-state index contributed by atoms with van der Waals surface area (Å²) in [5.41, 5.74) is -0.843. The van der Waals surface area contributed by atoms with Crippen LogP contribution in [-0.4, -0.2) is 59.1 Å². The summed E-state index contributed by atoms with van der Waals surface area (Å²) in [6, 6.07) is 9.24. The van der Waals surface area contributed by atoms with Crippen LogP contribution in [0.1, 0.15) is 29.9 Å². The SMILES string of the molecule is CC.CN(C)C(=O)c1nn(C)c(Nc2c(NCc3ccccc3)c(=O)[nH]n(C)c2=O)c1NS(C)(=O)=O. The number of carbonyl (C=O) groups is 1. The number of carbonyl (C=O) groups excluding carboxylic acids is 1. The maximum Gasteiger partial charge on any atom is 0.290 e. The molecular formula is C22H32N8O5S. The highest BCUT2D eigenvalue weighted by Gasteiger charge is 2.27. The number of rotatable bonds is 8. The van der Waals surface area contributed by atoms with Gasteiger partial charge in [0.25, 0.3) is 17.0 Å². The molecule has 0 atom stereocenters. The Bertz CT molecular complexity index is 1440. The summed E-state index contributed by atoms with van der Waals surface area (Å²) >= 11 is 0. The van der Waals surface area contributed by atoms with Crippen molar-refractivity contribution in [1.29, 1.82) is 0 Å². The highest BCUT2D eigenvalue weighted by molar-refractivity contribution is 7.92. The molecule has 0 aliphatic rings. The molecule has 0 aliphatic carbocycles. The third kappa shape index (κ3) is 6.53. The van der Waals surface area contributed by atoms with E-state index in [2.05, 4.69) is 25.6 Å². The average Bonchev–Trinajstić information content (AvgIpc) is 3.11. The van der Waals surface area contributed by atoms with Crippen LogP contribution in [0.15, 0.2) is 39.9 Å². The first kappa shape index (κ1) is 28.2. The maximum atomic E-state index is 13.0. The zero-order valence-electron chi connectivity index (χ0n) is 21.3. The van der Waals surface area contributed by atoms with E-state index in [0.29, 0.717) is 0 Å². The summed E-state index contributed by atoms with van der Waals surface area (Å²) in [7, 11) is 2.00. The van der Waals surface area contributed by atoms with Gasteiger partial charge in [-0.2, -0.15) is 5.10 Å². The van der Waals surface area contributed by atoms with Crippen LogP contribution in [0.4, 0.5) is 22.9 Å². The third-order valence-corrected chi connectivity index (χ3v) is 5.34. The van der Waals surface area contributed by atoms with Gasteiger partial charge in [0.05, 0.1) is 6.26 Å². The number of H-pyrrole nitrogens is 1. The Kier molecular flexibility index (Phi) is 9.06. The van der Waals surface area contributed by atoms with E-state index in [1.54, 1.807) is 0 Å². The van der Waals surface area contributed by atoms with Crippen molar-refractivity contribution < 1.29 is 13.2 Å². The maximum absolute atomic E-state index is 13.0. The summed E-state index contributed by atoms with van der Waals surface area (Å²) in [5, 5.41) is 12.3. The number of sulfonamides is 1. The fourth-order valence-corrected chi connectivity index (χ4v) is 3.71. The van der Waals surface area contributed by atoms with Gasteiger partial charge in [-0.25, -0.2) is 13.1 Å². The predicted molar refractivity (Wildman–Crippen MR) is 140 cm³/mol. The fraction of sp³-hybridized carbons (Fsp3) is 0.364. The number of benzene rings is 1. The monoisotopic (exact) mass is 520 g/mol. The Morgan fingerprint density at radius 3 is 2.22 bits per heavy atom. The smallest absolute Gasteiger partial charge is 0.290 e. The lowest BCUT2D eigenvalue weighted by atomic mass is 10.2. The summed E-state index contributed by atoms with van der Waals surface area (Å²) in [6.45, 7) is 4.25. The van der Waals surface area contributed by atoms with Gasteiger partial charge in [-0.1, -0.05) is 44.2 Å². The number of amides is 1. The highest BCUT2D eigenvalue weighted by atomic mass is 32.2. The molecule has 0 saturated heterocycles. The second-order valence-electron chi connectivity index (χ2n) is 7.79. The molecule has 13 nitrogen and oxygen atoms in total. The van der Waals surface area contributed by atoms with Gasteiger partial charge < -0.3 is 15.5 Å². The Hall–Kier alpha value is -4.07. The van der Waals surface area contributed by atoms with Gasteiger partial charge in [-0.15, -0.1) is 0 Å². The topological polar surface area (TPSA) is 163 Å². The molecule has 0 unspecified atom stereocenters. The average molecular weight is 521 g/mol. The molecule has 1 aromatic carbocycles. The van der Waals surface area contributed by atoms with E-state index in [9.17, 15) is 22.8 Å². The number of aromatic amines is 1. The fourth-order valence-electron chi connectivity index (χ4n) is 3.15. The zero-order chi connectivity index (χ0) is 27.2. The molecule has 1 amide bonds. The second kappa shape index (κ2) is 11.6. The van der Waals surface area contributed by atoms with Crippen LogP contribution >= 0.6 is 0 Å². The molecular weight excluding hydrogens is 488 g/mol. The Balaban J connectivity index is 0.00000222. The molecule has 0 saturated carbocycles. The van der Waals surface area contributed by atoms with E-state index in [0.717, 1.165) is 16.5 Å². The van der Waals surface area contributed by atoms with Crippen molar-refractivity contribution in [3.63, 3.8) is 0 Å². The van der Waals surface area contributed by atoms with Crippen molar-refractivity contribution in [3.8, 4) is 0 Å². The molecule has 0 fully saturated rings. The summed E-state index contributed by atoms with van der Waals surface area (Å²) < 4.78 is 28.5. The molecule has 0 spiro atoms. The number of anilines is 4. The van der Waals surface area contributed by atoms with E-state index in [1.165, 1.54) is 37.8 Å². The lowest BCUT2D eigenvalue weighted by Crippen LogP contribution is -2.32. The van der Waals surface area contributed by atoms with Crippen molar-refractivity contribution in [2.45, 2.75) is 20.4 Å². The molecule has 3 aromatic rings. The first-order valence-electron chi connectivity index (χ1n) is 11.0. The normalized spacial score (nSPS) is 10.8. The van der Waals surface area contributed by atoms with Crippen LogP contribution in [-0.2, 0) is 30.7 Å². The minimum absolute atomic E-state index is 0.00101. The van der Waals surface area contributed by atoms with Crippen molar-refractivity contribution in [1.82, 2.24) is 24.5 Å². The van der Waals surface area contributed by atoms with Crippen LogP contribution < -0.4 is 26.5 Å². The third-order valence-electron chi connectivity index (χ3n) is 4.76. The lowest BCUT2D eigenvalue weighted by molar-refractivity contribution is 0.0822. The second-order valence-corrected chi connectivity index (χ2v) is 9.54. The quantitative estimate of drug-likeness (QED) is 0.345. The van der Waals surface area contributed by atoms with Crippen molar-refractivity contribution in [2.24, 2.45) is 14.1 Å². The van der Waals surface area contributed by atoms with Crippen molar-refractivity contribution in [3.05, 3.63) is 62.3 Å². The van der Waals surface area contributed by atoms with Gasteiger partial charge in [-0.3, -0.25) is 28.9 Å². The Morgan fingerprint density at radius 1 is 1.06 bits per heavy atom. The predicted octanol–water partition coefficient (Wildman–Crippen LogP) is 1.26. The van der Waals surface area contributed by atoms with E-state index >= 15 is 0 Å². The van der Waals surface area contributed by atoms with Crippen LogP contribution in [0, 0.1) is 0 Å². The minimum Gasteiger partial charge on any atom is -0.375 e. The Morgan fingerprint density at radius 2 is 1.67 bits per heavy atom. The number of hydrogen-bond donors (Lipinski definition) is 4. The van der Waals surface area contributed by atoms with E-state index < -0.39 is 27.0 Å². The Labute approximate surface area is 209 Å². The number of nitrogens with zero attached hydrogens (tertiary/aromatic N) is 4. The van der Waals surface area contributed by atoms with Gasteiger partial charge in [-0.05, 0) is 5.56 Å². The molecule has 3 rings (SSSR count). The molecule has 4 N–H and O–H groups in total. The number of nitrogens with one attached hydrogen (secondary N) is 4. The van der Waals surface area contributed by atoms with E-state index in [1.807, 2.05) is 44.2 Å². The van der Waals surface area contributed by atoms with Crippen molar-refractivity contribution >= 4 is 38.8 Å². The molecule has 0 bridgehead atoms. The molecule has 2 aromatic heterocycles. The van der Waals surface area contributed by atoms with Crippen LogP contribution in [0.3, 0.4) is 0 Å². The number of aromatic nitrogens is 4. The lowest BCUT2D eigenvalue weighted by Gasteiger charge is -2.16. The first-order chi connectivity index (χ1) is 16.9. The zero-order valence-corrected chi connectivity index (χ0v) is 22.1. The van der Waals surface area contributed by atoms with Gasteiger partial charge in [0, 0.05) is 34.7 Å². The number of aryl methyl sites for hydroxylation is 2. The number of hydrogen-bond acceptors (Lipinski definition) is 8. The van der Waals surface area contributed by atoms with Crippen molar-refractivity contribution in [2.75, 3.05) is 35.7 Å². The van der Waals surface area contributed by atoms with Gasteiger partial charge >= 0.3 is 0 Å². The summed E-state index contributed by atoms with van der Waals surface area (Å²) in [5.74, 6) is -0.558. The minimum atomic E-state index is -3.82. The van der Waals surface area contributed by atoms with Gasteiger partial charge in [0.15, 0.2) is 11.5 Å². The van der Waals surface area contributed by atoms with Crippen LogP contribution in [0.25, 0.3) is 0 Å². The molecule has 0 radical (unpaired) electrons. The van der Waals surface area contributed by atoms with Gasteiger partial charge in [0.1, 0.15) is 17.1 Å². The molecule has 0 aliphatic heterocycles. The molecule has 2 heterocycles. The summed E-state index contributed by atoms with van der Waals surface area (Å²) in [4.78, 5) is 39.5. The van der Waals surface area contributed by atoms with Crippen LogP contribution in [0.5, 0.6) is 0 Å². The van der Waals surface area contributed by atoms with Gasteiger partial charge in [0.2, 0.25) is 10.0 Å². The van der Waals surface area contributed by atoms with E-state index in [-0.39, 0.29) is 35.1 Å². The molecule has 14 heteroatoms. The standard InChI is InChI=1S/C20H26N8O5S.C2H6/c1-26(2)19(30)16-13(25-34(5,32)33)17(27(3)23-16)22-15-14(18(29)24-28(4)20(15)31)21-11-12-9-7-6-8-10-12;1-2/h6-10,21-22,25H,11H2,1-5H3,(H,24,29);1-2H3. The largest absolute Gasteiger partial charge is 0.375 e. The van der Waals surface area contributed by atoms with E-state index in [4.69, 9.17) is 0 Å². The van der Waals surface area contributed by atoms with Crippen LogP contribution in [0.2, 0.25) is 0 Å². The molecule has 196 valence electrons. The molecule has 36 heavy (non-hydrogen) atoms. The first-order valence-corrected chi connectivity index (χ1v) is 12.9. The highest BCUT2D eigenvalue weighted by Crippen LogP contribution is 2.31.